The van der Waals surface area contributed by atoms with Crippen LogP contribution in [0.5, 0.6) is 29.0 Å². The van der Waals surface area contributed by atoms with Gasteiger partial charge in [0.2, 0.25) is 35.0 Å². The molecule has 474 valence electrons. The smallest absolute Gasteiger partial charge is 0.250 e. The molecule has 0 fully saturated rings. The number of thiazole rings is 1. The number of carbonyl (C=O) groups excluding carboxylic acids is 3. The number of benzene rings is 9. The largest absolute Gasteiger partial charge is 0.508 e. The zero-order chi connectivity index (χ0) is 67.2. The number of phenols is 3. The molecule has 0 bridgehead atoms. The monoisotopic (exact) mass is 1340 g/mol. The van der Waals surface area contributed by atoms with Gasteiger partial charge in [0.05, 0.1) is 20.0 Å². The van der Waals surface area contributed by atoms with Crippen LogP contribution in [0.2, 0.25) is 0 Å². The molecule has 0 aliphatic heterocycles. The van der Waals surface area contributed by atoms with E-state index in [9.17, 15) is 39.9 Å². The molecule has 0 unspecified atom stereocenters. The number of ketones is 3. The maximum atomic E-state index is 13.6. The number of nitrogens with zero attached hydrogens (tertiary/aromatic N) is 3. The Morgan fingerprint density at radius 2 is 0.719 bits per heavy atom. The number of thiophene rings is 3. The minimum absolute atomic E-state index is 0.0130. The number of aromatic hydroxyl groups is 5. The summed E-state index contributed by atoms with van der Waals surface area (Å²) >= 11 is 5.55. The van der Waals surface area contributed by atoms with Gasteiger partial charge in [-0.25, -0.2) is 4.98 Å². The van der Waals surface area contributed by atoms with Crippen LogP contribution in [0.3, 0.4) is 0 Å². The van der Waals surface area contributed by atoms with Crippen molar-refractivity contribution in [3.8, 4) is 95.9 Å². The molecule has 14 nitrogen and oxygen atoms in total. The Kier molecular flexibility index (Phi) is 17.4. The minimum Gasteiger partial charge on any atom is -0.508 e. The van der Waals surface area contributed by atoms with Gasteiger partial charge < -0.3 is 40.1 Å². The molecular formula is C78H58N4O10S4. The van der Waals surface area contributed by atoms with E-state index in [2.05, 4.69) is 15.0 Å². The summed E-state index contributed by atoms with van der Waals surface area (Å²) in [6.07, 6.45) is 2.59. The van der Waals surface area contributed by atoms with Crippen molar-refractivity contribution in [3.63, 3.8) is 0 Å². The number of nitrogens with two attached hydrogens (primary N) is 1. The Morgan fingerprint density at radius 1 is 0.375 bits per heavy atom. The number of anilines is 1. The van der Waals surface area contributed by atoms with Crippen LogP contribution in [0, 0.1) is 41.5 Å². The molecule has 0 saturated heterocycles. The number of hydrogen-bond donors (Lipinski definition) is 6. The molecule has 6 heterocycles. The Balaban J connectivity index is 0.000000130. The van der Waals surface area contributed by atoms with Gasteiger partial charge in [0.15, 0.2) is 12.1 Å². The Bertz CT molecular complexity index is 4980. The number of fused-ring (bicyclic) bond motifs is 3. The van der Waals surface area contributed by atoms with E-state index in [0.29, 0.717) is 54.5 Å². The molecule has 9 aromatic carbocycles. The second-order valence-corrected chi connectivity index (χ2v) is 27.2. The van der Waals surface area contributed by atoms with E-state index < -0.39 is 0 Å². The molecule has 0 aliphatic carbocycles. The van der Waals surface area contributed by atoms with Gasteiger partial charge >= 0.3 is 0 Å². The number of nitrogen functional groups attached to an aromatic ring is 1. The second-order valence-electron chi connectivity index (χ2n) is 23.2. The Hall–Kier alpha value is -11.3. The van der Waals surface area contributed by atoms with E-state index in [1.807, 2.05) is 187 Å². The molecular weight excluding hydrogens is 1280 g/mol. The third-order valence-corrected chi connectivity index (χ3v) is 20.6. The molecule has 0 aliphatic rings. The van der Waals surface area contributed by atoms with Gasteiger partial charge in [-0.1, -0.05) is 120 Å². The molecule has 0 spiro atoms. The van der Waals surface area contributed by atoms with Crippen LogP contribution in [0.4, 0.5) is 5.82 Å². The predicted octanol–water partition coefficient (Wildman–Crippen LogP) is 19.8. The first kappa shape index (κ1) is 63.5. The first-order chi connectivity index (χ1) is 46.2. The van der Waals surface area contributed by atoms with Crippen LogP contribution >= 0.6 is 45.3 Å². The van der Waals surface area contributed by atoms with Gasteiger partial charge in [-0.3, -0.25) is 14.4 Å². The predicted molar refractivity (Wildman–Crippen MR) is 385 cm³/mol. The average Bonchev–Trinajstić information content (AvgIpc) is 1.62. The summed E-state index contributed by atoms with van der Waals surface area (Å²) in [6, 6.07) is 56.2. The molecule has 96 heavy (non-hydrogen) atoms. The van der Waals surface area contributed by atoms with E-state index in [-0.39, 0.29) is 46.4 Å². The summed E-state index contributed by atoms with van der Waals surface area (Å²) in [5.74, 6) is 1.36. The normalized spacial score (nSPS) is 11.2. The highest BCUT2D eigenvalue weighted by Gasteiger charge is 2.27. The summed E-state index contributed by atoms with van der Waals surface area (Å²) in [5.41, 5.74) is 21.5. The van der Waals surface area contributed by atoms with Gasteiger partial charge in [0.25, 0.3) is 5.88 Å². The van der Waals surface area contributed by atoms with Crippen molar-refractivity contribution in [1.29, 1.82) is 0 Å². The van der Waals surface area contributed by atoms with Crippen LogP contribution in [0.15, 0.2) is 209 Å². The third kappa shape index (κ3) is 12.8. The van der Waals surface area contributed by atoms with Crippen LogP contribution in [0.1, 0.15) is 79.1 Å². The quantitative estimate of drug-likeness (QED) is 0.0624. The number of oxazole rings is 2. The number of aromatic nitrogens is 3. The van der Waals surface area contributed by atoms with Gasteiger partial charge in [-0.2, -0.15) is 9.97 Å². The lowest BCUT2D eigenvalue weighted by Gasteiger charge is -2.09. The molecule has 0 amide bonds. The van der Waals surface area contributed by atoms with Crippen LogP contribution in [-0.4, -0.2) is 57.8 Å². The fourth-order valence-corrected chi connectivity index (χ4v) is 16.0. The number of carbonyl (C=O) groups is 3. The average molecular weight is 1340 g/mol. The highest BCUT2D eigenvalue weighted by Crippen LogP contribution is 2.46. The van der Waals surface area contributed by atoms with E-state index in [1.165, 1.54) is 57.9 Å². The highest BCUT2D eigenvalue weighted by atomic mass is 32.1. The Labute approximate surface area is 566 Å². The van der Waals surface area contributed by atoms with Gasteiger partial charge in [0.1, 0.15) is 28.5 Å². The summed E-state index contributed by atoms with van der Waals surface area (Å²) < 4.78 is 13.2. The van der Waals surface area contributed by atoms with E-state index >= 15 is 0 Å². The molecule has 15 aromatic rings. The van der Waals surface area contributed by atoms with Crippen molar-refractivity contribution >= 4 is 98.8 Å². The molecule has 0 atom stereocenters. The lowest BCUT2D eigenvalue weighted by Crippen LogP contribution is -2.03. The number of aryl methyl sites for hydroxylation is 6. The second kappa shape index (κ2) is 26.3. The van der Waals surface area contributed by atoms with Gasteiger partial charge in [-0.15, -0.1) is 45.3 Å². The zero-order valence-corrected chi connectivity index (χ0v) is 55.6. The van der Waals surface area contributed by atoms with Crippen molar-refractivity contribution in [2.45, 2.75) is 41.5 Å². The summed E-state index contributed by atoms with van der Waals surface area (Å²) in [7, 11) is 0. The van der Waals surface area contributed by atoms with Gasteiger partial charge in [-0.05, 0) is 154 Å². The third-order valence-electron chi connectivity index (χ3n) is 16.3. The maximum absolute atomic E-state index is 13.6. The van der Waals surface area contributed by atoms with Crippen molar-refractivity contribution in [2.24, 2.45) is 0 Å². The fourth-order valence-electron chi connectivity index (χ4n) is 11.7. The SMILES string of the molecule is Cc1ccc(C(=O)c2sc3cc(O)ccc3c2-c2ccc(-c3nc(N)co3)cc2)c(C)c1.Cc1ccc(C(=O)c2sc3cc(O)ccc3c2-c2ccc(-c3nc(O)co3)cc2)c(C)c1.Cc1ccc(C(=O)c2sc3cc(O)ccc3c2-c2ccc(-c3nc(O)cs3)cc2)c(C)c1. The van der Waals surface area contributed by atoms with Crippen molar-refractivity contribution in [2.75, 3.05) is 5.73 Å². The highest BCUT2D eigenvalue weighted by molar-refractivity contribution is 7.22. The number of phenolic OH excluding ortho intramolecular Hbond substituents is 3. The topological polar surface area (TPSA) is 243 Å². The van der Waals surface area contributed by atoms with Crippen LogP contribution < -0.4 is 5.73 Å². The Morgan fingerprint density at radius 3 is 1.03 bits per heavy atom. The first-order valence-electron chi connectivity index (χ1n) is 30.2. The first-order valence-corrected chi connectivity index (χ1v) is 33.5. The number of hydrogen-bond acceptors (Lipinski definition) is 18. The lowest BCUT2D eigenvalue weighted by atomic mass is 9.95. The van der Waals surface area contributed by atoms with Crippen LogP contribution in [-0.2, 0) is 0 Å². The lowest BCUT2D eigenvalue weighted by molar-refractivity contribution is 0.103. The molecule has 0 saturated carbocycles. The molecule has 15 rings (SSSR count). The van der Waals surface area contributed by atoms with Crippen LogP contribution in [0.25, 0.3) is 97.1 Å². The molecule has 6 aromatic heterocycles. The van der Waals surface area contributed by atoms with E-state index in [1.54, 1.807) is 41.8 Å². The van der Waals surface area contributed by atoms with Crippen molar-refractivity contribution in [1.82, 2.24) is 15.0 Å². The van der Waals surface area contributed by atoms with Crippen molar-refractivity contribution < 1.29 is 48.8 Å². The van der Waals surface area contributed by atoms with Crippen molar-refractivity contribution in [3.05, 3.63) is 265 Å². The molecule has 0 radical (unpaired) electrons. The molecule has 7 N–H and O–H groups in total. The standard InChI is InChI=1S/C26H20N2O3S.C26H19NO4S.C26H19NO3S2/c1-14-3-9-19(15(2)11-14)24(30)25-23(20-10-8-18(29)12-21(20)32-25)16-4-6-17(7-5-16)26-28-22(27)13-31-26;2*1-14-3-9-19(15(2)11-14)24(30)25-23(20-10-8-18(28)12-21(20)32-25)16-4-6-17(7-5-16)26-27-22(29)13-31-26/h3-13,29H,27H2,1-2H3;2*3-13,28-29H,1-2H3. The van der Waals surface area contributed by atoms with E-state index in [0.717, 1.165) is 113 Å². The van der Waals surface area contributed by atoms with E-state index in [4.69, 9.17) is 14.6 Å². The number of rotatable bonds is 12. The minimum atomic E-state index is -0.172. The fraction of sp³-hybridized carbons (Fsp3) is 0.0769. The van der Waals surface area contributed by atoms with Gasteiger partial charge in [0, 0.05) is 80.3 Å². The molecule has 18 heteroatoms. The summed E-state index contributed by atoms with van der Waals surface area (Å²) in [4.78, 5) is 55.0. The summed E-state index contributed by atoms with van der Waals surface area (Å²) in [5, 5.41) is 54.1. The zero-order valence-electron chi connectivity index (χ0n) is 52.4. The summed E-state index contributed by atoms with van der Waals surface area (Å²) in [6.45, 7) is 11.9. The maximum Gasteiger partial charge on any atom is 0.250 e.